The number of hydrogen-bond acceptors (Lipinski definition) is 8. The van der Waals surface area contributed by atoms with Gasteiger partial charge in [0.15, 0.2) is 0 Å². The van der Waals surface area contributed by atoms with Gasteiger partial charge < -0.3 is 43.4 Å². The van der Waals surface area contributed by atoms with Crippen LogP contribution in [-0.4, -0.2) is 76.6 Å². The molecule has 0 heterocycles. The predicted octanol–water partition coefficient (Wildman–Crippen LogP) is -2.72. The van der Waals surface area contributed by atoms with Crippen molar-refractivity contribution < 1.29 is 34.2 Å². The van der Waals surface area contributed by atoms with Crippen LogP contribution in [0.3, 0.4) is 0 Å². The molecule has 0 saturated heterocycles. The Hall–Kier alpha value is -2.77. The standard InChI is InChI=1S/C20H38N6O7/c1-10(2)15(23)18(30)26-16(11(3)27)19(31)24-12(6-4-5-9-21)17(29)25-13(20(32)33)7-8-14(22)28/h10-13,15-16,27H,4-9,21,23H2,1-3H3,(H2,22,28)(H,24,31)(H,25,29)(H,26,30)(H,32,33). The van der Waals surface area contributed by atoms with E-state index < -0.39 is 59.9 Å². The zero-order valence-electron chi connectivity index (χ0n) is 19.4. The van der Waals surface area contributed by atoms with Gasteiger partial charge in [0, 0.05) is 6.42 Å². The van der Waals surface area contributed by atoms with Crippen LogP contribution in [0.1, 0.15) is 52.9 Å². The molecule has 0 radical (unpaired) electrons. The number of hydrogen-bond donors (Lipinski definition) is 8. The van der Waals surface area contributed by atoms with Crippen molar-refractivity contribution in [2.24, 2.45) is 23.1 Å². The molecule has 190 valence electrons. The van der Waals surface area contributed by atoms with Gasteiger partial charge in [-0.05, 0) is 45.1 Å². The highest BCUT2D eigenvalue weighted by Gasteiger charge is 2.32. The molecule has 5 atom stereocenters. The van der Waals surface area contributed by atoms with E-state index in [1.54, 1.807) is 13.8 Å². The molecule has 0 bridgehead atoms. The topological polar surface area (TPSA) is 240 Å². The quantitative estimate of drug-likeness (QED) is 0.108. The molecule has 5 unspecified atom stereocenters. The summed E-state index contributed by atoms with van der Waals surface area (Å²) in [5, 5.41) is 26.4. The molecule has 13 nitrogen and oxygen atoms in total. The first-order chi connectivity index (χ1) is 15.3. The summed E-state index contributed by atoms with van der Waals surface area (Å²) in [7, 11) is 0. The monoisotopic (exact) mass is 474 g/mol. The number of carbonyl (C=O) groups excluding carboxylic acids is 4. The molecule has 0 rings (SSSR count). The van der Waals surface area contributed by atoms with Crippen LogP contribution in [0.2, 0.25) is 0 Å². The second-order valence-electron chi connectivity index (χ2n) is 8.25. The van der Waals surface area contributed by atoms with Crippen molar-refractivity contribution in [2.75, 3.05) is 6.54 Å². The highest BCUT2D eigenvalue weighted by atomic mass is 16.4. The smallest absolute Gasteiger partial charge is 0.326 e. The van der Waals surface area contributed by atoms with Crippen LogP contribution in [0, 0.1) is 5.92 Å². The number of nitrogens with two attached hydrogens (primary N) is 3. The normalized spacial score (nSPS) is 15.6. The van der Waals surface area contributed by atoms with Gasteiger partial charge in [-0.15, -0.1) is 0 Å². The van der Waals surface area contributed by atoms with Crippen LogP contribution >= 0.6 is 0 Å². The molecule has 0 saturated carbocycles. The van der Waals surface area contributed by atoms with E-state index in [2.05, 4.69) is 16.0 Å². The summed E-state index contributed by atoms with van der Waals surface area (Å²) >= 11 is 0. The molecule has 4 amide bonds. The van der Waals surface area contributed by atoms with Crippen molar-refractivity contribution in [3.63, 3.8) is 0 Å². The number of aliphatic carboxylic acids is 1. The zero-order valence-corrected chi connectivity index (χ0v) is 19.4. The third-order valence-electron chi connectivity index (χ3n) is 4.96. The molecule has 0 aromatic rings. The van der Waals surface area contributed by atoms with Gasteiger partial charge in [-0.2, -0.15) is 0 Å². The molecule has 13 heteroatoms. The highest BCUT2D eigenvalue weighted by molar-refractivity contribution is 5.94. The number of amides is 4. The van der Waals surface area contributed by atoms with Crippen molar-refractivity contribution in [3.05, 3.63) is 0 Å². The molecule has 11 N–H and O–H groups in total. The second kappa shape index (κ2) is 15.1. The number of carboxylic acid groups (broad SMARTS) is 1. The van der Waals surface area contributed by atoms with Crippen LogP contribution in [0.25, 0.3) is 0 Å². The van der Waals surface area contributed by atoms with E-state index in [-0.39, 0.29) is 25.2 Å². The Labute approximate surface area is 193 Å². The molecule has 33 heavy (non-hydrogen) atoms. The summed E-state index contributed by atoms with van der Waals surface area (Å²) < 4.78 is 0. The fourth-order valence-corrected chi connectivity index (χ4v) is 2.80. The van der Waals surface area contributed by atoms with E-state index >= 15 is 0 Å². The van der Waals surface area contributed by atoms with Crippen LogP contribution in [0.4, 0.5) is 0 Å². The largest absolute Gasteiger partial charge is 0.480 e. The number of primary amides is 1. The molecular formula is C20H38N6O7. The predicted molar refractivity (Wildman–Crippen MR) is 119 cm³/mol. The van der Waals surface area contributed by atoms with Crippen molar-refractivity contribution in [3.8, 4) is 0 Å². The van der Waals surface area contributed by atoms with Gasteiger partial charge in [-0.3, -0.25) is 19.2 Å². The lowest BCUT2D eigenvalue weighted by atomic mass is 10.0. The fourth-order valence-electron chi connectivity index (χ4n) is 2.80. The van der Waals surface area contributed by atoms with Gasteiger partial charge in [-0.1, -0.05) is 13.8 Å². The molecule has 0 aliphatic heterocycles. The minimum Gasteiger partial charge on any atom is -0.480 e. The summed E-state index contributed by atoms with van der Waals surface area (Å²) in [6, 6.07) is -4.87. The molecular weight excluding hydrogens is 436 g/mol. The lowest BCUT2D eigenvalue weighted by molar-refractivity contribution is -0.142. The van der Waals surface area contributed by atoms with E-state index in [0.717, 1.165) is 0 Å². The number of carbonyl (C=O) groups is 5. The van der Waals surface area contributed by atoms with E-state index in [1.165, 1.54) is 6.92 Å². The Morgan fingerprint density at radius 2 is 1.42 bits per heavy atom. The Morgan fingerprint density at radius 1 is 0.848 bits per heavy atom. The first kappa shape index (κ1) is 30.2. The van der Waals surface area contributed by atoms with Crippen molar-refractivity contribution in [1.29, 1.82) is 0 Å². The summed E-state index contributed by atoms with van der Waals surface area (Å²) in [6.07, 6.45) is -0.666. The Balaban J connectivity index is 5.46. The summed E-state index contributed by atoms with van der Waals surface area (Å²) in [6.45, 7) is 5.07. The average molecular weight is 475 g/mol. The van der Waals surface area contributed by atoms with Gasteiger partial charge in [0.25, 0.3) is 0 Å². The van der Waals surface area contributed by atoms with E-state index in [9.17, 15) is 34.2 Å². The zero-order chi connectivity index (χ0) is 25.7. The number of aliphatic hydroxyl groups is 1. The fraction of sp³-hybridized carbons (Fsp3) is 0.750. The Kier molecular flexibility index (Phi) is 13.9. The van der Waals surface area contributed by atoms with Gasteiger partial charge in [0.1, 0.15) is 18.1 Å². The molecule has 0 aromatic heterocycles. The number of aliphatic hydroxyl groups excluding tert-OH is 1. The van der Waals surface area contributed by atoms with Gasteiger partial charge >= 0.3 is 5.97 Å². The minimum absolute atomic E-state index is 0.128. The summed E-state index contributed by atoms with van der Waals surface area (Å²) in [5.41, 5.74) is 16.3. The Morgan fingerprint density at radius 3 is 1.88 bits per heavy atom. The van der Waals surface area contributed by atoms with Crippen LogP contribution in [0.15, 0.2) is 0 Å². The van der Waals surface area contributed by atoms with Crippen molar-refractivity contribution >= 4 is 29.6 Å². The van der Waals surface area contributed by atoms with Gasteiger partial charge in [0.2, 0.25) is 23.6 Å². The molecule has 0 aliphatic rings. The molecule has 0 aliphatic carbocycles. The maximum Gasteiger partial charge on any atom is 0.326 e. The highest BCUT2D eigenvalue weighted by Crippen LogP contribution is 2.06. The third-order valence-corrected chi connectivity index (χ3v) is 4.96. The Bertz CT molecular complexity index is 686. The average Bonchev–Trinajstić information content (AvgIpc) is 2.72. The lowest BCUT2D eigenvalue weighted by Gasteiger charge is -2.27. The lowest BCUT2D eigenvalue weighted by Crippen LogP contribution is -2.60. The minimum atomic E-state index is -1.39. The number of carboxylic acids is 1. The third kappa shape index (κ3) is 11.6. The van der Waals surface area contributed by atoms with Crippen LogP contribution in [-0.2, 0) is 24.0 Å². The van der Waals surface area contributed by atoms with E-state index in [4.69, 9.17) is 17.2 Å². The van der Waals surface area contributed by atoms with Crippen LogP contribution < -0.4 is 33.2 Å². The van der Waals surface area contributed by atoms with Gasteiger partial charge in [-0.25, -0.2) is 4.79 Å². The number of nitrogens with one attached hydrogen (secondary N) is 3. The summed E-state index contributed by atoms with van der Waals surface area (Å²) in [4.78, 5) is 60.2. The first-order valence-corrected chi connectivity index (χ1v) is 10.9. The number of unbranched alkanes of at least 4 members (excludes halogenated alkanes) is 1. The molecule has 0 aromatic carbocycles. The maximum absolute atomic E-state index is 12.8. The summed E-state index contributed by atoms with van der Waals surface area (Å²) in [5.74, 6) is -4.59. The molecule has 0 fully saturated rings. The number of rotatable bonds is 16. The first-order valence-electron chi connectivity index (χ1n) is 10.9. The SMILES string of the molecule is CC(C)C(N)C(=O)NC(C(=O)NC(CCCCN)C(=O)NC(CCC(N)=O)C(=O)O)C(C)O. The second-order valence-corrected chi connectivity index (χ2v) is 8.25. The van der Waals surface area contributed by atoms with E-state index in [1.807, 2.05) is 0 Å². The van der Waals surface area contributed by atoms with Gasteiger partial charge in [0.05, 0.1) is 12.1 Å². The van der Waals surface area contributed by atoms with Crippen molar-refractivity contribution in [1.82, 2.24) is 16.0 Å². The maximum atomic E-state index is 12.8. The van der Waals surface area contributed by atoms with Crippen molar-refractivity contribution in [2.45, 2.75) is 83.1 Å². The van der Waals surface area contributed by atoms with E-state index in [0.29, 0.717) is 19.4 Å². The molecule has 0 spiro atoms. The van der Waals surface area contributed by atoms with Crippen LogP contribution in [0.5, 0.6) is 0 Å².